The summed E-state index contributed by atoms with van der Waals surface area (Å²) in [7, 11) is 0. The minimum Gasteiger partial charge on any atom is -0.312 e. The highest BCUT2D eigenvalue weighted by Gasteiger charge is 2.11. The van der Waals surface area contributed by atoms with E-state index in [0.717, 1.165) is 13.1 Å². The summed E-state index contributed by atoms with van der Waals surface area (Å²) in [4.78, 5) is 2.66. The molecule has 0 atom stereocenters. The van der Waals surface area contributed by atoms with Crippen LogP contribution in [-0.2, 0) is 19.4 Å². The molecule has 1 aromatic rings. The molecule has 1 N–H and O–H groups in total. The average Bonchev–Trinajstić information content (AvgIpc) is 2.73. The topological polar surface area (TPSA) is 15.3 Å². The van der Waals surface area contributed by atoms with Crippen molar-refractivity contribution in [2.45, 2.75) is 45.1 Å². The van der Waals surface area contributed by atoms with E-state index in [-0.39, 0.29) is 0 Å². The Kier molecular flexibility index (Phi) is 4.52. The van der Waals surface area contributed by atoms with Gasteiger partial charge in [-0.3, -0.25) is 0 Å². The van der Waals surface area contributed by atoms with Crippen LogP contribution in [0.4, 0.5) is 0 Å². The van der Waals surface area contributed by atoms with Crippen LogP contribution in [-0.4, -0.2) is 31.1 Å². The Hall–Kier alpha value is -0.860. The summed E-state index contributed by atoms with van der Waals surface area (Å²) in [5.74, 6) is 0. The zero-order valence-corrected chi connectivity index (χ0v) is 12.0. The number of nitrogens with one attached hydrogen (secondary N) is 1. The maximum atomic E-state index is 3.47. The highest BCUT2D eigenvalue weighted by atomic mass is 15.1. The molecular weight excluding hydrogens is 232 g/mol. The summed E-state index contributed by atoms with van der Waals surface area (Å²) in [6.07, 6.45) is 8.07. The van der Waals surface area contributed by atoms with E-state index in [1.54, 1.807) is 5.56 Å². The van der Waals surface area contributed by atoms with Gasteiger partial charge in [0.1, 0.15) is 0 Å². The molecule has 0 aliphatic carbocycles. The molecule has 2 aliphatic rings. The van der Waals surface area contributed by atoms with Crippen molar-refractivity contribution in [3.8, 4) is 0 Å². The van der Waals surface area contributed by atoms with E-state index in [4.69, 9.17) is 0 Å². The number of hydrogen-bond donors (Lipinski definition) is 1. The largest absolute Gasteiger partial charge is 0.312 e. The van der Waals surface area contributed by atoms with Gasteiger partial charge < -0.3 is 10.2 Å². The van der Waals surface area contributed by atoms with E-state index < -0.39 is 0 Å². The lowest BCUT2D eigenvalue weighted by molar-refractivity contribution is 0.289. The quantitative estimate of drug-likeness (QED) is 0.897. The highest BCUT2D eigenvalue weighted by Crippen LogP contribution is 2.17. The van der Waals surface area contributed by atoms with E-state index in [1.807, 2.05) is 0 Å². The Morgan fingerprint density at radius 3 is 2.68 bits per heavy atom. The second-order valence-corrected chi connectivity index (χ2v) is 6.04. The molecule has 0 saturated carbocycles. The molecule has 1 aromatic carbocycles. The first-order valence-electron chi connectivity index (χ1n) is 7.95. The van der Waals surface area contributed by atoms with Crippen LogP contribution in [0.5, 0.6) is 0 Å². The fourth-order valence-corrected chi connectivity index (χ4v) is 3.34. The fourth-order valence-electron chi connectivity index (χ4n) is 3.34. The van der Waals surface area contributed by atoms with Gasteiger partial charge >= 0.3 is 0 Å². The molecule has 0 radical (unpaired) electrons. The average molecular weight is 258 g/mol. The van der Waals surface area contributed by atoms with Gasteiger partial charge in [-0.1, -0.05) is 31.0 Å². The first-order chi connectivity index (χ1) is 9.42. The van der Waals surface area contributed by atoms with Gasteiger partial charge in [0.25, 0.3) is 0 Å². The van der Waals surface area contributed by atoms with Crippen LogP contribution in [0.1, 0.15) is 42.4 Å². The van der Waals surface area contributed by atoms with Gasteiger partial charge in [0.15, 0.2) is 0 Å². The van der Waals surface area contributed by atoms with Gasteiger partial charge in [0, 0.05) is 13.1 Å². The van der Waals surface area contributed by atoms with Gasteiger partial charge in [-0.2, -0.15) is 0 Å². The molecule has 1 saturated heterocycles. The summed E-state index contributed by atoms with van der Waals surface area (Å²) in [6, 6.07) is 7.13. The molecular formula is C17H26N2. The Morgan fingerprint density at radius 1 is 1.00 bits per heavy atom. The predicted octanol–water partition coefficient (Wildman–Crippen LogP) is 2.75. The molecule has 19 heavy (non-hydrogen) atoms. The number of hydrogen-bond acceptors (Lipinski definition) is 2. The van der Waals surface area contributed by atoms with Crippen LogP contribution in [0.15, 0.2) is 18.2 Å². The molecule has 0 spiro atoms. The minimum atomic E-state index is 1.06. The van der Waals surface area contributed by atoms with Crippen LogP contribution in [0, 0.1) is 0 Å². The van der Waals surface area contributed by atoms with Gasteiger partial charge in [-0.15, -0.1) is 0 Å². The molecule has 3 rings (SSSR count). The molecule has 2 heterocycles. The number of benzene rings is 1. The van der Waals surface area contributed by atoms with E-state index in [1.165, 1.54) is 69.3 Å². The van der Waals surface area contributed by atoms with Crippen LogP contribution >= 0.6 is 0 Å². The van der Waals surface area contributed by atoms with Crippen molar-refractivity contribution in [1.82, 2.24) is 10.2 Å². The molecule has 2 nitrogen and oxygen atoms in total. The molecule has 104 valence electrons. The van der Waals surface area contributed by atoms with Crippen molar-refractivity contribution in [3.63, 3.8) is 0 Å². The number of likely N-dealkylation sites (tertiary alicyclic amines) is 1. The van der Waals surface area contributed by atoms with Gasteiger partial charge in [0.2, 0.25) is 0 Å². The third kappa shape index (κ3) is 3.58. The Balaban J connectivity index is 1.57. The lowest BCUT2D eigenvalue weighted by atomic mass is 9.97. The number of rotatable bonds is 3. The first-order valence-corrected chi connectivity index (χ1v) is 7.95. The molecule has 2 heteroatoms. The zero-order valence-electron chi connectivity index (χ0n) is 12.0. The first kappa shape index (κ1) is 13.1. The SMILES string of the molecule is c1cc2c(cc1CCN1CCCCCC1)CNCC2. The number of nitrogens with zero attached hydrogens (tertiary/aromatic N) is 1. The van der Waals surface area contributed by atoms with Crippen molar-refractivity contribution in [1.29, 1.82) is 0 Å². The summed E-state index contributed by atoms with van der Waals surface area (Å²) < 4.78 is 0. The lowest BCUT2D eigenvalue weighted by Crippen LogP contribution is -2.27. The monoisotopic (exact) mass is 258 g/mol. The van der Waals surface area contributed by atoms with Crippen molar-refractivity contribution < 1.29 is 0 Å². The summed E-state index contributed by atoms with van der Waals surface area (Å²) in [5.41, 5.74) is 4.60. The highest BCUT2D eigenvalue weighted by molar-refractivity contribution is 5.33. The molecule has 0 unspecified atom stereocenters. The van der Waals surface area contributed by atoms with Crippen LogP contribution < -0.4 is 5.32 Å². The normalized spacial score (nSPS) is 20.8. The smallest absolute Gasteiger partial charge is 0.0208 e. The Morgan fingerprint density at radius 2 is 1.84 bits per heavy atom. The summed E-state index contributed by atoms with van der Waals surface area (Å²) in [6.45, 7) is 6.07. The zero-order chi connectivity index (χ0) is 12.9. The molecule has 0 amide bonds. The van der Waals surface area contributed by atoms with Gasteiger partial charge in [-0.05, 0) is 62.0 Å². The van der Waals surface area contributed by atoms with Crippen molar-refractivity contribution in [2.75, 3.05) is 26.2 Å². The standard InChI is InChI=1S/C17H26N2/c1-2-4-11-19(10-3-1)12-8-15-5-6-16-7-9-18-14-17(16)13-15/h5-6,13,18H,1-4,7-12,14H2. The molecule has 1 fully saturated rings. The Bertz CT molecular complexity index is 406. The third-order valence-corrected chi connectivity index (χ3v) is 4.57. The molecule has 0 bridgehead atoms. The Labute approximate surface area is 117 Å². The maximum Gasteiger partial charge on any atom is 0.0208 e. The van der Waals surface area contributed by atoms with Crippen LogP contribution in [0.3, 0.4) is 0 Å². The lowest BCUT2D eigenvalue weighted by Gasteiger charge is -2.21. The predicted molar refractivity (Wildman–Crippen MR) is 80.5 cm³/mol. The second kappa shape index (κ2) is 6.53. The third-order valence-electron chi connectivity index (χ3n) is 4.57. The van der Waals surface area contributed by atoms with Crippen molar-refractivity contribution >= 4 is 0 Å². The molecule has 0 aromatic heterocycles. The molecule has 2 aliphatic heterocycles. The van der Waals surface area contributed by atoms with Crippen LogP contribution in [0.2, 0.25) is 0 Å². The van der Waals surface area contributed by atoms with Crippen LogP contribution in [0.25, 0.3) is 0 Å². The summed E-state index contributed by atoms with van der Waals surface area (Å²) in [5, 5.41) is 3.47. The second-order valence-electron chi connectivity index (χ2n) is 6.04. The number of fused-ring (bicyclic) bond motifs is 1. The van der Waals surface area contributed by atoms with Gasteiger partial charge in [-0.25, -0.2) is 0 Å². The van der Waals surface area contributed by atoms with Crippen molar-refractivity contribution in [2.24, 2.45) is 0 Å². The van der Waals surface area contributed by atoms with E-state index in [9.17, 15) is 0 Å². The minimum absolute atomic E-state index is 1.06. The summed E-state index contributed by atoms with van der Waals surface area (Å²) >= 11 is 0. The van der Waals surface area contributed by atoms with Crippen molar-refractivity contribution in [3.05, 3.63) is 34.9 Å². The fraction of sp³-hybridized carbons (Fsp3) is 0.647. The van der Waals surface area contributed by atoms with Gasteiger partial charge in [0.05, 0.1) is 0 Å². The van der Waals surface area contributed by atoms with E-state index in [0.29, 0.717) is 0 Å². The van der Waals surface area contributed by atoms with E-state index >= 15 is 0 Å². The van der Waals surface area contributed by atoms with E-state index in [2.05, 4.69) is 28.4 Å². The maximum absolute atomic E-state index is 3.47.